The average molecular weight is 482 g/mol. The minimum Gasteiger partial charge on any atom is -0.276 e. The van der Waals surface area contributed by atoms with Crippen molar-refractivity contribution in [1.29, 1.82) is 4.78 Å². The Kier molecular flexibility index (Phi) is 4.48. The normalized spacial score (nSPS) is 17.4. The number of aromatic nitrogens is 7. The van der Waals surface area contributed by atoms with Crippen molar-refractivity contribution in [3.05, 3.63) is 35.9 Å². The molecule has 0 radical (unpaired) electrons. The Balaban J connectivity index is 1.92. The van der Waals surface area contributed by atoms with E-state index in [4.69, 9.17) is 4.78 Å². The second-order valence-corrected chi connectivity index (χ2v) is 10.6. The lowest BCUT2D eigenvalue weighted by Gasteiger charge is -2.20. The summed E-state index contributed by atoms with van der Waals surface area (Å²) < 4.78 is 77.0. The largest absolute Gasteiger partial charge is 0.408 e. The van der Waals surface area contributed by atoms with E-state index in [1.807, 2.05) is 0 Å². The molecule has 0 spiro atoms. The van der Waals surface area contributed by atoms with Gasteiger partial charge < -0.3 is 0 Å². The van der Waals surface area contributed by atoms with E-state index in [2.05, 4.69) is 25.4 Å². The molecule has 1 fully saturated rings. The number of hydrogen-bond donors (Lipinski definition) is 2. The molecule has 0 bridgehead atoms. The fourth-order valence-electron chi connectivity index (χ4n) is 4.19. The van der Waals surface area contributed by atoms with Crippen molar-refractivity contribution < 1.29 is 21.8 Å². The molecule has 1 atom stereocenters. The van der Waals surface area contributed by atoms with Crippen molar-refractivity contribution in [3.8, 4) is 22.8 Å². The number of nitrogens with one attached hydrogen (secondary N) is 2. The lowest BCUT2D eigenvalue weighted by atomic mass is 10.1. The van der Waals surface area contributed by atoms with Crippen LogP contribution in [0.15, 0.2) is 24.5 Å². The molecule has 9 nitrogen and oxygen atoms in total. The number of halogens is 4. The van der Waals surface area contributed by atoms with Crippen molar-refractivity contribution in [3.63, 3.8) is 0 Å². The SMILES string of the molecule is Cn1ncc(F)c1-c1cc(C2(S(C)(=N)=O)CC2)c2c(n1)c(-c1ccn[nH]1)nn2CC(F)(F)F. The van der Waals surface area contributed by atoms with Gasteiger partial charge in [0.25, 0.3) is 0 Å². The molecule has 14 heteroatoms. The predicted molar refractivity (Wildman–Crippen MR) is 111 cm³/mol. The van der Waals surface area contributed by atoms with Crippen LogP contribution in [0.3, 0.4) is 0 Å². The highest BCUT2D eigenvalue weighted by atomic mass is 32.2. The molecule has 4 heterocycles. The summed E-state index contributed by atoms with van der Waals surface area (Å²) in [7, 11) is -1.73. The molecule has 0 aromatic carbocycles. The quantitative estimate of drug-likeness (QED) is 0.422. The molecule has 0 amide bonds. The van der Waals surface area contributed by atoms with Gasteiger partial charge in [-0.3, -0.25) is 19.2 Å². The van der Waals surface area contributed by atoms with E-state index in [1.165, 1.54) is 36.3 Å². The van der Waals surface area contributed by atoms with Gasteiger partial charge in [-0.15, -0.1) is 0 Å². The number of fused-ring (bicyclic) bond motifs is 1. The number of aryl methyl sites for hydroxylation is 1. The van der Waals surface area contributed by atoms with Gasteiger partial charge in [0.15, 0.2) is 5.82 Å². The zero-order valence-electron chi connectivity index (χ0n) is 17.4. The van der Waals surface area contributed by atoms with Crippen LogP contribution in [0.5, 0.6) is 0 Å². The minimum atomic E-state index is -4.60. The molecule has 0 aliphatic heterocycles. The topological polar surface area (TPSA) is 118 Å². The van der Waals surface area contributed by atoms with Gasteiger partial charge in [-0.2, -0.15) is 28.5 Å². The zero-order chi connectivity index (χ0) is 23.8. The number of H-pyrrole nitrogens is 1. The van der Waals surface area contributed by atoms with Crippen LogP contribution in [0.2, 0.25) is 0 Å². The van der Waals surface area contributed by atoms with Gasteiger partial charge in [-0.1, -0.05) is 0 Å². The van der Waals surface area contributed by atoms with Gasteiger partial charge in [0, 0.05) is 25.1 Å². The first kappa shape index (κ1) is 21.6. The van der Waals surface area contributed by atoms with Crippen molar-refractivity contribution in [2.24, 2.45) is 7.05 Å². The standard InChI is InChI=1S/C19H18F4N8OS/c1-30-17(11(20)8-26-30)13-7-10(18(4-5-18)33(2,24)32)16-15(27-13)14(12-3-6-25-28-12)29-31(16)9-19(21,22)23/h3,6-8,24H,4-5,9H2,1-2H3,(H,25,28). The monoisotopic (exact) mass is 482 g/mol. The summed E-state index contributed by atoms with van der Waals surface area (Å²) in [5, 5.41) is 14.5. The lowest BCUT2D eigenvalue weighted by molar-refractivity contribution is -0.141. The molecular weight excluding hydrogens is 464 g/mol. The Morgan fingerprint density at radius 1 is 1.33 bits per heavy atom. The molecule has 2 N–H and O–H groups in total. The Morgan fingerprint density at radius 2 is 2.06 bits per heavy atom. The van der Waals surface area contributed by atoms with Crippen molar-refractivity contribution >= 4 is 20.8 Å². The fourth-order valence-corrected chi connectivity index (χ4v) is 5.64. The maximum Gasteiger partial charge on any atom is 0.408 e. The number of nitrogens with zero attached hydrogens (tertiary/aromatic N) is 6. The van der Waals surface area contributed by atoms with Crippen LogP contribution in [0, 0.1) is 10.6 Å². The third kappa shape index (κ3) is 3.39. The summed E-state index contributed by atoms with van der Waals surface area (Å²) in [5.41, 5.74) is 0.816. The number of pyridine rings is 1. The third-order valence-corrected chi connectivity index (χ3v) is 7.98. The molecular formula is C19H18F4N8OS. The van der Waals surface area contributed by atoms with Crippen molar-refractivity contribution in [2.75, 3.05) is 6.26 Å². The summed E-state index contributed by atoms with van der Waals surface area (Å²) in [4.78, 5) is 4.48. The molecule has 1 aliphatic rings. The van der Waals surface area contributed by atoms with Crippen LogP contribution in [0.4, 0.5) is 17.6 Å². The van der Waals surface area contributed by atoms with E-state index >= 15 is 0 Å². The van der Waals surface area contributed by atoms with Crippen molar-refractivity contribution in [1.82, 2.24) is 34.7 Å². The Labute approximate surface area is 184 Å². The second kappa shape index (κ2) is 6.85. The molecule has 5 rings (SSSR count). The van der Waals surface area contributed by atoms with Crippen molar-refractivity contribution in [2.45, 2.75) is 30.3 Å². The first-order valence-electron chi connectivity index (χ1n) is 9.81. The van der Waals surface area contributed by atoms with E-state index in [9.17, 15) is 21.8 Å². The number of aromatic amines is 1. The van der Waals surface area contributed by atoms with Crippen LogP contribution >= 0.6 is 0 Å². The molecule has 1 unspecified atom stereocenters. The first-order chi connectivity index (χ1) is 15.4. The van der Waals surface area contributed by atoms with E-state index in [-0.39, 0.29) is 33.7 Å². The van der Waals surface area contributed by atoms with E-state index in [1.54, 1.807) is 0 Å². The van der Waals surface area contributed by atoms with E-state index in [0.717, 1.165) is 10.9 Å². The second-order valence-electron chi connectivity index (χ2n) is 8.15. The summed E-state index contributed by atoms with van der Waals surface area (Å²) in [6, 6.07) is 2.94. The highest BCUT2D eigenvalue weighted by Crippen LogP contribution is 2.55. The van der Waals surface area contributed by atoms with Gasteiger partial charge in [-0.05, 0) is 25.0 Å². The molecule has 1 aliphatic carbocycles. The number of rotatable bonds is 5. The lowest BCUT2D eigenvalue weighted by Crippen LogP contribution is -2.23. The fraction of sp³-hybridized carbons (Fsp3) is 0.368. The van der Waals surface area contributed by atoms with E-state index in [0.29, 0.717) is 18.5 Å². The number of alkyl halides is 3. The molecule has 33 heavy (non-hydrogen) atoms. The van der Waals surface area contributed by atoms with Gasteiger partial charge in [-0.25, -0.2) is 13.6 Å². The molecule has 0 saturated heterocycles. The van der Waals surface area contributed by atoms with Crippen LogP contribution in [-0.2, 0) is 28.1 Å². The average Bonchev–Trinajstić information content (AvgIpc) is 3.03. The maximum absolute atomic E-state index is 14.6. The maximum atomic E-state index is 14.6. The molecule has 4 aromatic rings. The van der Waals surface area contributed by atoms with Crippen LogP contribution in [-0.4, -0.2) is 51.4 Å². The number of hydrogen-bond acceptors (Lipinski definition) is 6. The smallest absolute Gasteiger partial charge is 0.276 e. The summed E-state index contributed by atoms with van der Waals surface area (Å²) >= 11 is 0. The first-order valence-corrected chi connectivity index (χ1v) is 11.8. The van der Waals surface area contributed by atoms with E-state index < -0.39 is 33.0 Å². The van der Waals surface area contributed by atoms with Crippen LogP contribution < -0.4 is 0 Å². The highest BCUT2D eigenvalue weighted by Gasteiger charge is 2.53. The summed E-state index contributed by atoms with van der Waals surface area (Å²) in [5.74, 6) is -0.672. The predicted octanol–water partition coefficient (Wildman–Crippen LogP) is 3.59. The molecule has 4 aromatic heterocycles. The highest BCUT2D eigenvalue weighted by molar-refractivity contribution is 7.93. The summed E-state index contributed by atoms with van der Waals surface area (Å²) in [6.07, 6.45) is -0.231. The molecule has 174 valence electrons. The summed E-state index contributed by atoms with van der Waals surface area (Å²) in [6.45, 7) is -1.41. The van der Waals surface area contributed by atoms with Gasteiger partial charge in [0.05, 0.1) is 37.6 Å². The van der Waals surface area contributed by atoms with Gasteiger partial charge >= 0.3 is 6.18 Å². The Hall–Kier alpha value is -3.29. The van der Waals surface area contributed by atoms with Gasteiger partial charge in [0.1, 0.15) is 23.4 Å². The Morgan fingerprint density at radius 3 is 2.58 bits per heavy atom. The van der Waals surface area contributed by atoms with Crippen LogP contribution in [0.1, 0.15) is 18.4 Å². The van der Waals surface area contributed by atoms with Gasteiger partial charge in [0.2, 0.25) is 0 Å². The minimum absolute atomic E-state index is 0.0145. The van der Waals surface area contributed by atoms with Crippen LogP contribution in [0.25, 0.3) is 33.8 Å². The molecule has 1 saturated carbocycles. The zero-order valence-corrected chi connectivity index (χ0v) is 18.3. The third-order valence-electron chi connectivity index (χ3n) is 5.86. The Bertz CT molecular complexity index is 1460.